The maximum absolute atomic E-state index is 13.0. The Kier molecular flexibility index (Phi) is 5.60. The second-order valence-electron chi connectivity index (χ2n) is 8.32. The first kappa shape index (κ1) is 18.9. The molecular formula is C23H30N4O. The molecule has 28 heavy (non-hydrogen) atoms. The Labute approximate surface area is 167 Å². The third-order valence-corrected chi connectivity index (χ3v) is 6.10. The summed E-state index contributed by atoms with van der Waals surface area (Å²) in [7, 11) is 0. The fraction of sp³-hybridized carbons (Fsp3) is 0.522. The number of carbonyl (C=O) groups is 1. The molecule has 2 fully saturated rings. The number of amides is 1. The number of carbonyl (C=O) groups excluding carboxylic acids is 1. The molecule has 5 nitrogen and oxygen atoms in total. The lowest BCUT2D eigenvalue weighted by Gasteiger charge is -2.26. The van der Waals surface area contributed by atoms with Crippen molar-refractivity contribution in [2.75, 3.05) is 11.9 Å². The topological polar surface area (TPSA) is 58.1 Å². The van der Waals surface area contributed by atoms with Crippen molar-refractivity contribution in [3.8, 4) is 0 Å². The van der Waals surface area contributed by atoms with Gasteiger partial charge in [-0.15, -0.1) is 0 Å². The van der Waals surface area contributed by atoms with Gasteiger partial charge in [0.05, 0.1) is 11.7 Å². The number of aryl methyl sites for hydroxylation is 2. The first-order valence-corrected chi connectivity index (χ1v) is 10.6. The summed E-state index contributed by atoms with van der Waals surface area (Å²) in [5.74, 6) is 1.76. The molecule has 0 radical (unpaired) electrons. The van der Waals surface area contributed by atoms with E-state index in [1.54, 1.807) is 6.20 Å². The van der Waals surface area contributed by atoms with Crippen molar-refractivity contribution in [1.82, 2.24) is 14.9 Å². The lowest BCUT2D eigenvalue weighted by molar-refractivity contribution is -0.133. The fourth-order valence-corrected chi connectivity index (χ4v) is 4.64. The summed E-state index contributed by atoms with van der Waals surface area (Å²) in [6, 6.07) is 8.21. The minimum atomic E-state index is 0.0965. The van der Waals surface area contributed by atoms with Crippen molar-refractivity contribution in [2.45, 2.75) is 64.8 Å². The second-order valence-corrected chi connectivity index (χ2v) is 8.32. The van der Waals surface area contributed by atoms with E-state index in [1.807, 2.05) is 32.0 Å². The van der Waals surface area contributed by atoms with Gasteiger partial charge in [-0.05, 0) is 69.2 Å². The van der Waals surface area contributed by atoms with E-state index in [0.29, 0.717) is 18.2 Å². The molecule has 148 valence electrons. The predicted molar refractivity (Wildman–Crippen MR) is 111 cm³/mol. The highest BCUT2D eigenvalue weighted by atomic mass is 16.2. The van der Waals surface area contributed by atoms with Crippen LogP contribution in [0.3, 0.4) is 0 Å². The molecule has 1 unspecified atom stereocenters. The number of nitrogens with zero attached hydrogens (tertiary/aromatic N) is 3. The third kappa shape index (κ3) is 4.18. The van der Waals surface area contributed by atoms with E-state index in [9.17, 15) is 4.79 Å². The second kappa shape index (κ2) is 8.29. The van der Waals surface area contributed by atoms with Gasteiger partial charge in [0.1, 0.15) is 5.82 Å². The van der Waals surface area contributed by atoms with Gasteiger partial charge in [0.25, 0.3) is 0 Å². The van der Waals surface area contributed by atoms with Crippen LogP contribution < -0.4 is 5.32 Å². The Morgan fingerprint density at radius 2 is 2.00 bits per heavy atom. The summed E-state index contributed by atoms with van der Waals surface area (Å²) in [6.07, 6.45) is 9.54. The highest BCUT2D eigenvalue weighted by molar-refractivity contribution is 5.77. The Morgan fingerprint density at radius 3 is 2.79 bits per heavy atom. The quantitative estimate of drug-likeness (QED) is 0.788. The number of aromatic nitrogens is 2. The van der Waals surface area contributed by atoms with Crippen molar-refractivity contribution < 1.29 is 4.79 Å². The molecule has 1 N–H and O–H groups in total. The minimum Gasteiger partial charge on any atom is -0.340 e. The lowest BCUT2D eigenvalue weighted by atomic mass is 10.0. The molecule has 3 heterocycles. The van der Waals surface area contributed by atoms with Gasteiger partial charge in [0.15, 0.2) is 0 Å². The minimum absolute atomic E-state index is 0.0965. The van der Waals surface area contributed by atoms with Gasteiger partial charge in [-0.3, -0.25) is 9.78 Å². The van der Waals surface area contributed by atoms with Gasteiger partial charge in [-0.2, -0.15) is 0 Å². The van der Waals surface area contributed by atoms with Crippen molar-refractivity contribution >= 4 is 17.4 Å². The van der Waals surface area contributed by atoms with Crippen molar-refractivity contribution in [1.29, 1.82) is 0 Å². The summed E-state index contributed by atoms with van der Waals surface area (Å²) in [4.78, 5) is 24.3. The Bertz CT molecular complexity index is 844. The maximum Gasteiger partial charge on any atom is 0.223 e. The number of nitrogens with one attached hydrogen (secondary N) is 1. The summed E-state index contributed by atoms with van der Waals surface area (Å²) in [5.41, 5.74) is 4.05. The van der Waals surface area contributed by atoms with E-state index >= 15 is 0 Å². The molecule has 0 spiro atoms. The molecule has 1 saturated heterocycles. The van der Waals surface area contributed by atoms with Crippen LogP contribution in [0.15, 0.2) is 30.5 Å². The van der Waals surface area contributed by atoms with Crippen molar-refractivity contribution in [2.24, 2.45) is 5.92 Å². The highest BCUT2D eigenvalue weighted by Gasteiger charge is 2.32. The molecule has 2 aliphatic rings. The van der Waals surface area contributed by atoms with Crippen LogP contribution in [0.25, 0.3) is 0 Å². The Hall–Kier alpha value is -2.43. The maximum atomic E-state index is 13.0. The molecule has 4 rings (SSSR count). The molecule has 1 aliphatic heterocycles. The van der Waals surface area contributed by atoms with E-state index in [1.165, 1.54) is 25.7 Å². The fourth-order valence-electron chi connectivity index (χ4n) is 4.64. The average molecular weight is 379 g/mol. The number of hydrogen-bond donors (Lipinski definition) is 1. The number of hydrogen-bond acceptors (Lipinski definition) is 4. The molecule has 2 aromatic rings. The zero-order valence-corrected chi connectivity index (χ0v) is 16.9. The molecule has 2 aromatic heterocycles. The van der Waals surface area contributed by atoms with Crippen LogP contribution in [0, 0.1) is 19.8 Å². The first-order chi connectivity index (χ1) is 13.6. The average Bonchev–Trinajstić information content (AvgIpc) is 3.35. The molecule has 5 heteroatoms. The van der Waals surface area contributed by atoms with Crippen molar-refractivity contribution in [3.05, 3.63) is 47.4 Å². The molecule has 1 saturated carbocycles. The molecule has 0 aromatic carbocycles. The van der Waals surface area contributed by atoms with Gasteiger partial charge in [-0.25, -0.2) is 4.98 Å². The smallest absolute Gasteiger partial charge is 0.223 e. The van der Waals surface area contributed by atoms with Crippen LogP contribution in [0.1, 0.15) is 67.9 Å². The zero-order valence-electron chi connectivity index (χ0n) is 16.9. The van der Waals surface area contributed by atoms with E-state index in [0.717, 1.165) is 47.8 Å². The van der Waals surface area contributed by atoms with Gasteiger partial charge in [0.2, 0.25) is 5.91 Å². The summed E-state index contributed by atoms with van der Waals surface area (Å²) in [5, 5.41) is 3.43. The van der Waals surface area contributed by atoms with Crippen molar-refractivity contribution in [3.63, 3.8) is 0 Å². The third-order valence-electron chi connectivity index (χ3n) is 6.10. The first-order valence-electron chi connectivity index (χ1n) is 10.6. The van der Waals surface area contributed by atoms with Gasteiger partial charge >= 0.3 is 0 Å². The predicted octanol–water partition coefficient (Wildman–Crippen LogP) is 5.08. The van der Waals surface area contributed by atoms with Crippen LogP contribution in [-0.4, -0.2) is 27.3 Å². The molecule has 1 amide bonds. The van der Waals surface area contributed by atoms with Crippen LogP contribution in [-0.2, 0) is 4.79 Å². The number of rotatable bonds is 5. The Morgan fingerprint density at radius 1 is 1.18 bits per heavy atom. The number of likely N-dealkylation sites (tertiary alicyclic amines) is 1. The number of anilines is 2. The molecular weight excluding hydrogens is 348 g/mol. The van der Waals surface area contributed by atoms with Crippen LogP contribution in [0.5, 0.6) is 0 Å². The monoisotopic (exact) mass is 378 g/mol. The SMILES string of the molecule is Cc1cc(Nc2ncccc2C)cc(C2CCCN2C(=O)CC2CCCC2)n1. The van der Waals surface area contributed by atoms with Crippen LogP contribution in [0.4, 0.5) is 11.5 Å². The largest absolute Gasteiger partial charge is 0.340 e. The van der Waals surface area contributed by atoms with E-state index in [-0.39, 0.29) is 6.04 Å². The zero-order chi connectivity index (χ0) is 19.5. The summed E-state index contributed by atoms with van der Waals surface area (Å²) in [6.45, 7) is 4.91. The lowest BCUT2D eigenvalue weighted by Crippen LogP contribution is -2.32. The molecule has 0 bridgehead atoms. The highest BCUT2D eigenvalue weighted by Crippen LogP contribution is 2.35. The van der Waals surface area contributed by atoms with Gasteiger partial charge < -0.3 is 10.2 Å². The van der Waals surface area contributed by atoms with Gasteiger partial charge in [0, 0.05) is 30.5 Å². The van der Waals surface area contributed by atoms with E-state index < -0.39 is 0 Å². The summed E-state index contributed by atoms with van der Waals surface area (Å²) < 4.78 is 0. The van der Waals surface area contributed by atoms with Gasteiger partial charge in [-0.1, -0.05) is 18.9 Å². The standard InChI is InChI=1S/C23H30N4O/c1-16-7-5-11-24-23(16)26-19-13-17(2)25-20(15-19)21-10-6-12-27(21)22(28)14-18-8-3-4-9-18/h5,7,11,13,15,18,21H,3-4,6,8-10,12,14H2,1-2H3,(H,24,25,26). The molecule has 1 atom stereocenters. The van der Waals surface area contributed by atoms with E-state index in [2.05, 4.69) is 21.3 Å². The summed E-state index contributed by atoms with van der Waals surface area (Å²) >= 11 is 0. The number of pyridine rings is 2. The van der Waals surface area contributed by atoms with Crippen LogP contribution in [0.2, 0.25) is 0 Å². The van der Waals surface area contributed by atoms with Crippen LogP contribution >= 0.6 is 0 Å². The normalized spacial score (nSPS) is 19.9. The molecule has 1 aliphatic carbocycles. The van der Waals surface area contributed by atoms with E-state index in [4.69, 9.17) is 4.98 Å². The Balaban J connectivity index is 1.53.